The SMILES string of the molecule is COC(=O)c1c(-c2ccc(C)c(C)c2)csc1NC(=O)C[NH+]1CCCCCC1. The molecule has 1 aromatic heterocycles. The van der Waals surface area contributed by atoms with E-state index in [9.17, 15) is 9.59 Å². The molecule has 2 heterocycles. The van der Waals surface area contributed by atoms with Gasteiger partial charge in [-0.1, -0.05) is 18.2 Å². The van der Waals surface area contributed by atoms with Gasteiger partial charge in [-0.2, -0.15) is 0 Å². The summed E-state index contributed by atoms with van der Waals surface area (Å²) >= 11 is 1.38. The number of ether oxygens (including phenoxy) is 1. The number of nitrogens with one attached hydrogen (secondary N) is 2. The lowest BCUT2D eigenvalue weighted by Crippen LogP contribution is -3.12. The zero-order valence-electron chi connectivity index (χ0n) is 16.9. The van der Waals surface area contributed by atoms with Crippen LogP contribution in [0.25, 0.3) is 11.1 Å². The van der Waals surface area contributed by atoms with Gasteiger partial charge in [0.2, 0.25) is 0 Å². The summed E-state index contributed by atoms with van der Waals surface area (Å²) in [6.07, 6.45) is 4.85. The van der Waals surface area contributed by atoms with Gasteiger partial charge in [-0.15, -0.1) is 11.3 Å². The highest BCUT2D eigenvalue weighted by Gasteiger charge is 2.24. The molecule has 0 bridgehead atoms. The van der Waals surface area contributed by atoms with E-state index in [-0.39, 0.29) is 5.91 Å². The Labute approximate surface area is 170 Å². The molecule has 0 radical (unpaired) electrons. The highest BCUT2D eigenvalue weighted by molar-refractivity contribution is 7.15. The summed E-state index contributed by atoms with van der Waals surface area (Å²) in [7, 11) is 1.37. The van der Waals surface area contributed by atoms with Crippen molar-refractivity contribution in [1.82, 2.24) is 0 Å². The van der Waals surface area contributed by atoms with E-state index in [1.54, 1.807) is 0 Å². The fourth-order valence-electron chi connectivity index (χ4n) is 3.68. The summed E-state index contributed by atoms with van der Waals surface area (Å²) in [4.78, 5) is 26.4. The van der Waals surface area contributed by atoms with Crippen LogP contribution < -0.4 is 10.2 Å². The third kappa shape index (κ3) is 4.80. The predicted molar refractivity (Wildman–Crippen MR) is 113 cm³/mol. The first-order valence-corrected chi connectivity index (χ1v) is 10.8. The van der Waals surface area contributed by atoms with Gasteiger partial charge in [-0.3, -0.25) is 4.79 Å². The summed E-state index contributed by atoms with van der Waals surface area (Å²) < 4.78 is 5.01. The fourth-order valence-corrected chi connectivity index (χ4v) is 4.65. The lowest BCUT2D eigenvalue weighted by Gasteiger charge is -2.16. The van der Waals surface area contributed by atoms with Crippen LogP contribution in [0.5, 0.6) is 0 Å². The number of hydrogen-bond donors (Lipinski definition) is 2. The first-order chi connectivity index (χ1) is 13.5. The number of quaternary nitrogens is 1. The van der Waals surface area contributed by atoms with Crippen LogP contribution >= 0.6 is 11.3 Å². The molecule has 1 fully saturated rings. The van der Waals surface area contributed by atoms with Crippen molar-refractivity contribution in [2.24, 2.45) is 0 Å². The van der Waals surface area contributed by atoms with Gasteiger partial charge in [0.15, 0.2) is 6.54 Å². The van der Waals surface area contributed by atoms with E-state index < -0.39 is 5.97 Å². The Bertz CT molecular complexity index is 851. The molecule has 2 N–H and O–H groups in total. The Morgan fingerprint density at radius 3 is 2.46 bits per heavy atom. The molecule has 0 unspecified atom stereocenters. The molecule has 6 heteroatoms. The zero-order valence-corrected chi connectivity index (χ0v) is 17.7. The molecule has 1 aromatic carbocycles. The highest BCUT2D eigenvalue weighted by atomic mass is 32.1. The quantitative estimate of drug-likeness (QED) is 0.757. The van der Waals surface area contributed by atoms with Crippen LogP contribution in [0, 0.1) is 13.8 Å². The van der Waals surface area contributed by atoms with Crippen LogP contribution in [0.1, 0.15) is 47.2 Å². The molecule has 1 amide bonds. The standard InChI is InChI=1S/C22H28N2O3S/c1-15-8-9-17(12-16(15)2)18-14-28-21(20(18)22(26)27-3)23-19(25)13-24-10-6-4-5-7-11-24/h8-9,12,14H,4-7,10-11,13H2,1-3H3,(H,23,25)/p+1. The lowest BCUT2D eigenvalue weighted by molar-refractivity contribution is -0.890. The van der Waals surface area contributed by atoms with Crippen LogP contribution in [-0.4, -0.2) is 38.6 Å². The van der Waals surface area contributed by atoms with Crippen molar-refractivity contribution >= 4 is 28.2 Å². The van der Waals surface area contributed by atoms with E-state index in [0.717, 1.165) is 29.8 Å². The highest BCUT2D eigenvalue weighted by Crippen LogP contribution is 2.36. The third-order valence-electron chi connectivity index (χ3n) is 5.47. The Hall–Kier alpha value is -2.18. The van der Waals surface area contributed by atoms with Crippen molar-refractivity contribution in [2.45, 2.75) is 39.5 Å². The maximum atomic E-state index is 12.6. The molecular weight excluding hydrogens is 372 g/mol. The van der Waals surface area contributed by atoms with Crippen molar-refractivity contribution in [3.05, 3.63) is 40.3 Å². The predicted octanol–water partition coefficient (Wildman–Crippen LogP) is 3.22. The van der Waals surface area contributed by atoms with Gasteiger partial charge >= 0.3 is 5.97 Å². The van der Waals surface area contributed by atoms with Crippen molar-refractivity contribution in [2.75, 3.05) is 32.1 Å². The summed E-state index contributed by atoms with van der Waals surface area (Å²) in [5.74, 6) is -0.470. The van der Waals surface area contributed by atoms with Crippen LogP contribution in [0.15, 0.2) is 23.6 Å². The molecule has 2 aromatic rings. The minimum atomic E-state index is -0.424. The molecule has 28 heavy (non-hydrogen) atoms. The van der Waals surface area contributed by atoms with Crippen molar-refractivity contribution < 1.29 is 19.2 Å². The van der Waals surface area contributed by atoms with Crippen molar-refractivity contribution in [1.29, 1.82) is 0 Å². The molecule has 0 saturated carbocycles. The second-order valence-electron chi connectivity index (χ2n) is 7.53. The second-order valence-corrected chi connectivity index (χ2v) is 8.41. The summed E-state index contributed by atoms with van der Waals surface area (Å²) in [6.45, 7) is 6.63. The molecule has 0 spiro atoms. The van der Waals surface area contributed by atoms with Crippen molar-refractivity contribution in [3.63, 3.8) is 0 Å². The summed E-state index contributed by atoms with van der Waals surface area (Å²) in [5, 5.41) is 5.46. The van der Waals surface area contributed by atoms with Crippen LogP contribution in [0.4, 0.5) is 5.00 Å². The molecule has 5 nitrogen and oxygen atoms in total. The molecule has 1 aliphatic rings. The van der Waals surface area contributed by atoms with Gasteiger partial charge < -0.3 is 15.0 Å². The first-order valence-electron chi connectivity index (χ1n) is 9.90. The first kappa shape index (κ1) is 20.6. The van der Waals surface area contributed by atoms with E-state index in [0.29, 0.717) is 17.1 Å². The average Bonchev–Trinajstić information content (AvgIpc) is 2.91. The van der Waals surface area contributed by atoms with E-state index in [4.69, 9.17) is 4.74 Å². The molecule has 0 aliphatic carbocycles. The lowest BCUT2D eigenvalue weighted by atomic mass is 9.99. The Morgan fingerprint density at radius 2 is 1.82 bits per heavy atom. The smallest absolute Gasteiger partial charge is 0.341 e. The third-order valence-corrected chi connectivity index (χ3v) is 6.37. The molecular formula is C22H29N2O3S+. The number of aryl methyl sites for hydroxylation is 2. The van der Waals surface area contributed by atoms with E-state index in [1.165, 1.54) is 54.6 Å². The number of anilines is 1. The number of benzene rings is 1. The number of methoxy groups -OCH3 is 1. The second kappa shape index (κ2) is 9.34. The van der Waals surface area contributed by atoms with Gasteiger partial charge in [-0.05, 0) is 56.2 Å². The fraction of sp³-hybridized carbons (Fsp3) is 0.455. The topological polar surface area (TPSA) is 59.8 Å². The maximum Gasteiger partial charge on any atom is 0.341 e. The molecule has 1 aliphatic heterocycles. The molecule has 3 rings (SSSR count). The zero-order chi connectivity index (χ0) is 20.1. The number of esters is 1. The Morgan fingerprint density at radius 1 is 1.11 bits per heavy atom. The number of amides is 1. The Balaban J connectivity index is 1.82. The van der Waals surface area contributed by atoms with E-state index >= 15 is 0 Å². The van der Waals surface area contributed by atoms with Gasteiger partial charge in [-0.25, -0.2) is 4.79 Å². The number of carbonyl (C=O) groups excluding carboxylic acids is 2. The average molecular weight is 402 g/mol. The van der Waals surface area contributed by atoms with Crippen LogP contribution in [0.2, 0.25) is 0 Å². The van der Waals surface area contributed by atoms with Crippen LogP contribution in [0.3, 0.4) is 0 Å². The maximum absolute atomic E-state index is 12.6. The summed E-state index contributed by atoms with van der Waals surface area (Å²) in [6, 6.07) is 6.12. The monoisotopic (exact) mass is 401 g/mol. The minimum absolute atomic E-state index is 0.0458. The number of hydrogen-bond acceptors (Lipinski definition) is 4. The molecule has 0 atom stereocenters. The van der Waals surface area contributed by atoms with Crippen LogP contribution in [-0.2, 0) is 9.53 Å². The van der Waals surface area contributed by atoms with E-state index in [1.807, 2.05) is 17.5 Å². The number of carbonyl (C=O) groups is 2. The van der Waals surface area contributed by atoms with E-state index in [2.05, 4.69) is 25.2 Å². The molecule has 150 valence electrons. The van der Waals surface area contributed by atoms with Gasteiger partial charge in [0.25, 0.3) is 5.91 Å². The van der Waals surface area contributed by atoms with Gasteiger partial charge in [0.1, 0.15) is 10.6 Å². The Kier molecular flexibility index (Phi) is 6.86. The van der Waals surface area contributed by atoms with Crippen molar-refractivity contribution in [3.8, 4) is 11.1 Å². The normalized spacial score (nSPS) is 15.1. The largest absolute Gasteiger partial charge is 0.465 e. The molecule has 1 saturated heterocycles. The number of likely N-dealkylation sites (tertiary alicyclic amines) is 1. The minimum Gasteiger partial charge on any atom is -0.465 e. The number of rotatable bonds is 5. The van der Waals surface area contributed by atoms with Gasteiger partial charge in [0.05, 0.1) is 20.2 Å². The summed E-state index contributed by atoms with van der Waals surface area (Å²) in [5.41, 5.74) is 4.56. The number of thiophene rings is 1. The van der Waals surface area contributed by atoms with Gasteiger partial charge in [0, 0.05) is 10.9 Å².